The molecule has 15 aromatic carbocycles. The Labute approximate surface area is 585 Å². The zero-order valence-electron chi connectivity index (χ0n) is 55.0. The van der Waals surface area contributed by atoms with Crippen LogP contribution in [0.4, 0.5) is 0 Å². The van der Waals surface area contributed by atoms with Crippen LogP contribution < -0.4 is 0 Å². The lowest BCUT2D eigenvalue weighted by Gasteiger charge is -2.11. The summed E-state index contributed by atoms with van der Waals surface area (Å²) in [5.74, 6) is 1.40. The van der Waals surface area contributed by atoms with E-state index in [2.05, 4.69) is 336 Å². The van der Waals surface area contributed by atoms with Gasteiger partial charge in [0.25, 0.3) is 0 Å². The van der Waals surface area contributed by atoms with Crippen LogP contribution in [0, 0.1) is 0 Å². The van der Waals surface area contributed by atoms with E-state index in [1.807, 2.05) is 24.3 Å². The van der Waals surface area contributed by atoms with Gasteiger partial charge in [-0.15, -0.1) is 0 Å². The summed E-state index contributed by atoms with van der Waals surface area (Å²) in [5.41, 5.74) is 24.2. The van der Waals surface area contributed by atoms with Gasteiger partial charge in [0.05, 0.1) is 56.0 Å². The summed E-state index contributed by atoms with van der Waals surface area (Å²) in [6, 6.07) is 124. The summed E-state index contributed by atoms with van der Waals surface area (Å²) >= 11 is 0. The van der Waals surface area contributed by atoms with Crippen molar-refractivity contribution in [1.29, 1.82) is 0 Å². The number of hydrogen-bond acceptors (Lipinski definition) is 6. The quantitative estimate of drug-likeness (QED) is 0.143. The molecule has 0 amide bonds. The van der Waals surface area contributed by atoms with Crippen LogP contribution in [0.2, 0.25) is 0 Å². The van der Waals surface area contributed by atoms with Crippen molar-refractivity contribution in [3.8, 4) is 101 Å². The smallest absolute Gasteiger partial charge is 0.213 e. The van der Waals surface area contributed by atoms with Crippen LogP contribution in [-0.4, -0.2) is 28.7 Å². The van der Waals surface area contributed by atoms with Crippen LogP contribution >= 0.6 is 0 Å². The second-order valence-corrected chi connectivity index (χ2v) is 26.1. The van der Waals surface area contributed by atoms with Crippen molar-refractivity contribution in [2.75, 3.05) is 0 Å². The number of oxazole rings is 2. The summed E-state index contributed by atoms with van der Waals surface area (Å²) in [7, 11) is 0. The molecule has 21 aromatic rings. The van der Waals surface area contributed by atoms with Gasteiger partial charge in [-0.2, -0.15) is 0 Å². The van der Waals surface area contributed by atoms with Gasteiger partial charge in [-0.05, 0) is 144 Å². The fourth-order valence-electron chi connectivity index (χ4n) is 14.9. The first-order valence-corrected chi connectivity index (χ1v) is 34.4. The molecule has 0 spiro atoms. The monoisotopic (exact) mass is 1300 g/mol. The minimum Gasteiger partial charge on any atom is -0.438 e. The van der Waals surface area contributed by atoms with Crippen molar-refractivity contribution < 1.29 is 8.83 Å². The SMILES string of the molecule is c1cc(-c2cc(-c3ccc4ccccc4c3)nc(-c3ccc4ccccc4c3)n2)cc(-c2c3ccccc3n3c2oc2ccccc23)c1.c1ccc2cc(-c3cc(-c4ccc(-c5ccc(-c6c7ccccc7n7c6oc6ccccc67)cc5)cc4)nc(-c4ccc5ccccc5c4)n3)ccc2c1. The van der Waals surface area contributed by atoms with Gasteiger partial charge in [0.1, 0.15) is 0 Å². The molecule has 0 saturated heterocycles. The number of aromatic nitrogens is 6. The zero-order valence-corrected chi connectivity index (χ0v) is 55.0. The van der Waals surface area contributed by atoms with Gasteiger partial charge in [0.15, 0.2) is 22.8 Å². The van der Waals surface area contributed by atoms with E-state index in [-0.39, 0.29) is 0 Å². The van der Waals surface area contributed by atoms with Crippen LogP contribution in [0.5, 0.6) is 0 Å². The highest BCUT2D eigenvalue weighted by molar-refractivity contribution is 6.09. The molecule has 0 fully saturated rings. The number of rotatable bonds is 9. The van der Waals surface area contributed by atoms with Gasteiger partial charge in [-0.3, -0.25) is 8.80 Å². The zero-order chi connectivity index (χ0) is 67.2. The predicted molar refractivity (Wildman–Crippen MR) is 419 cm³/mol. The maximum atomic E-state index is 6.53. The fourth-order valence-corrected chi connectivity index (χ4v) is 14.9. The van der Waals surface area contributed by atoms with E-state index < -0.39 is 0 Å². The van der Waals surface area contributed by atoms with Gasteiger partial charge in [-0.1, -0.05) is 273 Å². The summed E-state index contributed by atoms with van der Waals surface area (Å²) in [5, 5.41) is 11.8. The molecule has 0 aliphatic rings. The fraction of sp³-hybridized carbons (Fsp3) is 0. The molecule has 0 aliphatic heterocycles. The number of fused-ring (bicyclic) bond motifs is 14. The molecule has 0 N–H and O–H groups in total. The predicted octanol–water partition coefficient (Wildman–Crippen LogP) is 24.9. The molecule has 6 heterocycles. The third kappa shape index (κ3) is 10.2. The molecular weight excluding hydrogens is 1250 g/mol. The Hall–Kier alpha value is -13.8. The number of hydrogen-bond donors (Lipinski definition) is 0. The van der Waals surface area contributed by atoms with E-state index in [1.165, 1.54) is 43.1 Å². The second kappa shape index (κ2) is 24.0. The van der Waals surface area contributed by atoms with Gasteiger partial charge in [0, 0.05) is 44.2 Å². The first-order chi connectivity index (χ1) is 50.5. The average Bonchev–Trinajstić information content (AvgIpc) is 1.57. The largest absolute Gasteiger partial charge is 0.438 e. The van der Waals surface area contributed by atoms with E-state index in [1.54, 1.807) is 0 Å². The van der Waals surface area contributed by atoms with Crippen molar-refractivity contribution >= 4 is 98.5 Å². The molecule has 0 aliphatic carbocycles. The van der Waals surface area contributed by atoms with Crippen molar-refractivity contribution in [2.45, 2.75) is 0 Å². The number of para-hydroxylation sites is 6. The Bertz CT molecular complexity index is 6700. The Morgan fingerprint density at radius 1 is 0.196 bits per heavy atom. The average molecular weight is 1300 g/mol. The van der Waals surface area contributed by atoms with E-state index in [0.29, 0.717) is 11.6 Å². The molecule has 0 saturated carbocycles. The Kier molecular flexibility index (Phi) is 13.7. The van der Waals surface area contributed by atoms with Crippen LogP contribution in [0.15, 0.2) is 361 Å². The topological polar surface area (TPSA) is 86.7 Å². The molecule has 476 valence electrons. The lowest BCUT2D eigenvalue weighted by molar-refractivity contribution is 0.658. The van der Waals surface area contributed by atoms with Crippen molar-refractivity contribution in [1.82, 2.24) is 28.7 Å². The second-order valence-electron chi connectivity index (χ2n) is 26.1. The van der Waals surface area contributed by atoms with Crippen molar-refractivity contribution in [3.63, 3.8) is 0 Å². The number of nitrogens with zero attached hydrogens (tertiary/aromatic N) is 6. The highest BCUT2D eigenvalue weighted by Crippen LogP contribution is 2.43. The van der Waals surface area contributed by atoms with Crippen molar-refractivity contribution in [3.05, 3.63) is 352 Å². The molecule has 0 bridgehead atoms. The maximum absolute atomic E-state index is 6.53. The Balaban J connectivity index is 0.000000138. The first kappa shape index (κ1) is 58.3. The van der Waals surface area contributed by atoms with Gasteiger partial charge in [-0.25, -0.2) is 19.9 Å². The van der Waals surface area contributed by atoms with Crippen molar-refractivity contribution in [2.24, 2.45) is 0 Å². The van der Waals surface area contributed by atoms with E-state index in [9.17, 15) is 0 Å². The van der Waals surface area contributed by atoms with E-state index in [4.69, 9.17) is 28.8 Å². The van der Waals surface area contributed by atoms with Gasteiger partial charge < -0.3 is 8.83 Å². The third-order valence-electron chi connectivity index (χ3n) is 20.0. The van der Waals surface area contributed by atoms with E-state index >= 15 is 0 Å². The molecule has 6 aromatic heterocycles. The lowest BCUT2D eigenvalue weighted by atomic mass is 9.98. The minimum absolute atomic E-state index is 0.695. The number of benzene rings is 15. The summed E-state index contributed by atoms with van der Waals surface area (Å²) in [6.45, 7) is 0. The molecule has 0 radical (unpaired) electrons. The lowest BCUT2D eigenvalue weighted by Crippen LogP contribution is -1.96. The van der Waals surface area contributed by atoms with Crippen LogP contribution in [0.1, 0.15) is 0 Å². The maximum Gasteiger partial charge on any atom is 0.213 e. The molecule has 0 unspecified atom stereocenters. The highest BCUT2D eigenvalue weighted by Gasteiger charge is 2.23. The Morgan fingerprint density at radius 3 is 0.941 bits per heavy atom. The molecule has 8 heteroatoms. The third-order valence-corrected chi connectivity index (χ3v) is 20.0. The molecular formula is C94H58N6O2. The molecule has 21 rings (SSSR count). The summed E-state index contributed by atoms with van der Waals surface area (Å²) < 4.78 is 17.4. The minimum atomic E-state index is 0.695. The van der Waals surface area contributed by atoms with E-state index in [0.717, 1.165) is 145 Å². The first-order valence-electron chi connectivity index (χ1n) is 34.4. The molecule has 102 heavy (non-hydrogen) atoms. The highest BCUT2D eigenvalue weighted by atomic mass is 16.3. The normalized spacial score (nSPS) is 11.7. The van der Waals surface area contributed by atoms with Crippen LogP contribution in [0.25, 0.3) is 200 Å². The summed E-state index contributed by atoms with van der Waals surface area (Å²) in [4.78, 5) is 20.7. The van der Waals surface area contributed by atoms with Crippen LogP contribution in [0.3, 0.4) is 0 Å². The van der Waals surface area contributed by atoms with Gasteiger partial charge in [0.2, 0.25) is 11.4 Å². The Morgan fingerprint density at radius 2 is 0.500 bits per heavy atom. The summed E-state index contributed by atoms with van der Waals surface area (Å²) in [6.07, 6.45) is 0. The van der Waals surface area contributed by atoms with Gasteiger partial charge >= 0.3 is 0 Å². The molecule has 0 atom stereocenters. The standard InChI is InChI=1S/C50H31N3O.C44H27N3O/c1-3-11-38-29-40(27-21-32(38)9-1)44-31-43(51-49(52-44)41-28-22-33-10-2-4-12-39(33)30-41)36-23-17-34(18-24-36)35-19-25-37(26-20-35)48-42-13-5-6-14-45(42)53-46-15-7-8-16-47(46)54-50(48)53;1-3-12-30-24-33(22-20-28(30)10-1)38-27-37(45-43(46-38)35-23-21-29-11-2-4-13-31(29)25-35)32-14-9-15-34(26-32)42-36-16-5-6-17-39(36)47-40-18-7-8-19-41(40)48-44(42)47/h1-31H;1-27H. The molecule has 8 nitrogen and oxygen atoms in total. The van der Waals surface area contributed by atoms with Crippen LogP contribution in [-0.2, 0) is 0 Å².